The Balaban J connectivity index is 1.82. The molecular formula is C12H17NO2. The molecule has 82 valence electrons. The molecule has 0 radical (unpaired) electrons. The van der Waals surface area contributed by atoms with E-state index in [1.54, 1.807) is 7.11 Å². The van der Waals surface area contributed by atoms with Crippen molar-refractivity contribution in [3.8, 4) is 5.75 Å². The molecule has 1 aromatic rings. The maximum absolute atomic E-state index is 5.53. The van der Waals surface area contributed by atoms with Crippen molar-refractivity contribution in [1.29, 1.82) is 0 Å². The van der Waals surface area contributed by atoms with E-state index in [1.165, 1.54) is 12.8 Å². The molecule has 0 saturated carbocycles. The van der Waals surface area contributed by atoms with Crippen molar-refractivity contribution in [2.45, 2.75) is 18.9 Å². The fourth-order valence-corrected chi connectivity index (χ4v) is 1.75. The summed E-state index contributed by atoms with van der Waals surface area (Å²) in [4.78, 5) is 0. The minimum Gasteiger partial charge on any atom is -0.497 e. The Kier molecular flexibility index (Phi) is 3.45. The maximum Gasteiger partial charge on any atom is 0.119 e. The standard InChI is InChI=1S/C12H17NO2/c1-14-11-6-4-10(5-7-11)13-9-12-3-2-8-15-12/h4-7,12-13H,2-3,8-9H2,1H3/t12-/m1/s1. The molecule has 0 amide bonds. The number of rotatable bonds is 4. The Morgan fingerprint density at radius 1 is 1.40 bits per heavy atom. The number of nitrogens with one attached hydrogen (secondary N) is 1. The van der Waals surface area contributed by atoms with Gasteiger partial charge < -0.3 is 14.8 Å². The Bertz CT molecular complexity index is 291. The fraction of sp³-hybridized carbons (Fsp3) is 0.500. The SMILES string of the molecule is COc1ccc(NC[C@H]2CCCO2)cc1. The van der Waals surface area contributed by atoms with Gasteiger partial charge in [-0.1, -0.05) is 0 Å². The normalized spacial score (nSPS) is 20.2. The summed E-state index contributed by atoms with van der Waals surface area (Å²) in [6, 6.07) is 7.96. The molecule has 1 aromatic carbocycles. The van der Waals surface area contributed by atoms with Gasteiger partial charge in [0, 0.05) is 18.8 Å². The van der Waals surface area contributed by atoms with E-state index in [2.05, 4.69) is 5.32 Å². The second kappa shape index (κ2) is 5.03. The zero-order valence-corrected chi connectivity index (χ0v) is 9.03. The van der Waals surface area contributed by atoms with Crippen LogP contribution in [-0.2, 0) is 4.74 Å². The Labute approximate surface area is 90.4 Å². The van der Waals surface area contributed by atoms with Crippen LogP contribution in [0.4, 0.5) is 5.69 Å². The van der Waals surface area contributed by atoms with Gasteiger partial charge in [0.25, 0.3) is 0 Å². The first-order chi connectivity index (χ1) is 7.38. The van der Waals surface area contributed by atoms with Gasteiger partial charge in [-0.15, -0.1) is 0 Å². The third-order valence-electron chi connectivity index (χ3n) is 2.65. The number of hydrogen-bond acceptors (Lipinski definition) is 3. The van der Waals surface area contributed by atoms with Gasteiger partial charge in [0.1, 0.15) is 5.75 Å². The molecule has 2 rings (SSSR count). The highest BCUT2D eigenvalue weighted by Crippen LogP contribution is 2.17. The predicted octanol–water partition coefficient (Wildman–Crippen LogP) is 2.29. The van der Waals surface area contributed by atoms with E-state index in [9.17, 15) is 0 Å². The molecule has 1 fully saturated rings. The van der Waals surface area contributed by atoms with E-state index >= 15 is 0 Å². The molecule has 3 heteroatoms. The Morgan fingerprint density at radius 2 is 2.20 bits per heavy atom. The summed E-state index contributed by atoms with van der Waals surface area (Å²) in [6.45, 7) is 1.81. The second-order valence-corrected chi connectivity index (χ2v) is 3.74. The molecule has 1 aliphatic heterocycles. The summed E-state index contributed by atoms with van der Waals surface area (Å²) >= 11 is 0. The molecule has 0 aliphatic carbocycles. The Hall–Kier alpha value is -1.22. The van der Waals surface area contributed by atoms with Crippen LogP contribution in [0, 0.1) is 0 Å². The molecule has 15 heavy (non-hydrogen) atoms. The van der Waals surface area contributed by atoms with Gasteiger partial charge in [0.05, 0.1) is 13.2 Å². The van der Waals surface area contributed by atoms with Crippen molar-refractivity contribution < 1.29 is 9.47 Å². The van der Waals surface area contributed by atoms with Gasteiger partial charge in [0.15, 0.2) is 0 Å². The molecule has 0 spiro atoms. The van der Waals surface area contributed by atoms with Crippen LogP contribution in [-0.4, -0.2) is 26.4 Å². The largest absolute Gasteiger partial charge is 0.497 e. The maximum atomic E-state index is 5.53. The first kappa shape index (κ1) is 10.3. The molecule has 1 N–H and O–H groups in total. The average molecular weight is 207 g/mol. The third kappa shape index (κ3) is 2.86. The molecular weight excluding hydrogens is 190 g/mol. The van der Waals surface area contributed by atoms with Crippen LogP contribution in [0.3, 0.4) is 0 Å². The van der Waals surface area contributed by atoms with Crippen molar-refractivity contribution in [1.82, 2.24) is 0 Å². The summed E-state index contributed by atoms with van der Waals surface area (Å²) in [5, 5.41) is 3.36. The van der Waals surface area contributed by atoms with Gasteiger partial charge >= 0.3 is 0 Å². The summed E-state index contributed by atoms with van der Waals surface area (Å²) in [5.74, 6) is 0.887. The van der Waals surface area contributed by atoms with Crippen molar-refractivity contribution in [3.63, 3.8) is 0 Å². The van der Waals surface area contributed by atoms with Gasteiger partial charge in [-0.05, 0) is 37.1 Å². The van der Waals surface area contributed by atoms with Crippen molar-refractivity contribution in [3.05, 3.63) is 24.3 Å². The average Bonchev–Trinajstić information content (AvgIpc) is 2.80. The van der Waals surface area contributed by atoms with Crippen LogP contribution < -0.4 is 10.1 Å². The van der Waals surface area contributed by atoms with Crippen LogP contribution in [0.1, 0.15) is 12.8 Å². The number of ether oxygens (including phenoxy) is 2. The summed E-state index contributed by atoms with van der Waals surface area (Å²) in [7, 11) is 1.68. The topological polar surface area (TPSA) is 30.5 Å². The van der Waals surface area contributed by atoms with Crippen LogP contribution in [0.25, 0.3) is 0 Å². The van der Waals surface area contributed by atoms with Crippen molar-refractivity contribution in [2.75, 3.05) is 25.6 Å². The van der Waals surface area contributed by atoms with E-state index < -0.39 is 0 Å². The molecule has 1 aliphatic rings. The second-order valence-electron chi connectivity index (χ2n) is 3.74. The highest BCUT2D eigenvalue weighted by molar-refractivity contribution is 5.46. The molecule has 0 unspecified atom stereocenters. The summed E-state index contributed by atoms with van der Waals surface area (Å²) in [5.41, 5.74) is 1.12. The van der Waals surface area contributed by atoms with Crippen molar-refractivity contribution in [2.24, 2.45) is 0 Å². The minimum absolute atomic E-state index is 0.382. The lowest BCUT2D eigenvalue weighted by molar-refractivity contribution is 0.120. The molecule has 1 heterocycles. The number of benzene rings is 1. The molecule has 1 atom stereocenters. The predicted molar refractivity (Wildman–Crippen MR) is 60.5 cm³/mol. The smallest absolute Gasteiger partial charge is 0.119 e. The van der Waals surface area contributed by atoms with Gasteiger partial charge in [-0.25, -0.2) is 0 Å². The lowest BCUT2D eigenvalue weighted by Crippen LogP contribution is -2.18. The van der Waals surface area contributed by atoms with Gasteiger partial charge in [-0.2, -0.15) is 0 Å². The lowest BCUT2D eigenvalue weighted by atomic mass is 10.2. The third-order valence-corrected chi connectivity index (χ3v) is 2.65. The number of methoxy groups -OCH3 is 1. The van der Waals surface area contributed by atoms with Crippen LogP contribution in [0.15, 0.2) is 24.3 Å². The Morgan fingerprint density at radius 3 is 2.80 bits per heavy atom. The monoisotopic (exact) mass is 207 g/mol. The van der Waals surface area contributed by atoms with Crippen LogP contribution in [0.5, 0.6) is 5.75 Å². The highest BCUT2D eigenvalue weighted by Gasteiger charge is 2.14. The quantitative estimate of drug-likeness (QED) is 0.821. The van der Waals surface area contributed by atoms with Crippen LogP contribution in [0.2, 0.25) is 0 Å². The zero-order valence-electron chi connectivity index (χ0n) is 9.03. The number of anilines is 1. The summed E-state index contributed by atoms with van der Waals surface area (Å²) < 4.78 is 10.6. The zero-order chi connectivity index (χ0) is 10.5. The van der Waals surface area contributed by atoms with E-state index in [4.69, 9.17) is 9.47 Å². The molecule has 3 nitrogen and oxygen atoms in total. The highest BCUT2D eigenvalue weighted by atomic mass is 16.5. The van der Waals surface area contributed by atoms with E-state index in [0.717, 1.165) is 24.6 Å². The van der Waals surface area contributed by atoms with E-state index in [1.807, 2.05) is 24.3 Å². The summed E-state index contributed by atoms with van der Waals surface area (Å²) in [6.07, 6.45) is 2.74. The first-order valence-electron chi connectivity index (χ1n) is 5.38. The lowest BCUT2D eigenvalue weighted by Gasteiger charge is -2.12. The van der Waals surface area contributed by atoms with Crippen LogP contribution >= 0.6 is 0 Å². The van der Waals surface area contributed by atoms with Gasteiger partial charge in [0.2, 0.25) is 0 Å². The fourth-order valence-electron chi connectivity index (χ4n) is 1.75. The molecule has 1 saturated heterocycles. The van der Waals surface area contributed by atoms with E-state index in [0.29, 0.717) is 6.10 Å². The molecule has 0 bridgehead atoms. The molecule has 0 aromatic heterocycles. The number of hydrogen-bond donors (Lipinski definition) is 1. The van der Waals surface area contributed by atoms with Gasteiger partial charge in [-0.3, -0.25) is 0 Å². The van der Waals surface area contributed by atoms with Crippen molar-refractivity contribution >= 4 is 5.69 Å². The van der Waals surface area contributed by atoms with E-state index in [-0.39, 0.29) is 0 Å². The minimum atomic E-state index is 0.382. The first-order valence-corrected chi connectivity index (χ1v) is 5.38.